The number of anilines is 1. The molecule has 1 fully saturated rings. The number of hydrogen-bond acceptors (Lipinski definition) is 4. The zero-order chi connectivity index (χ0) is 18.8. The average Bonchev–Trinajstić information content (AvgIpc) is 3.17. The van der Waals surface area contributed by atoms with Gasteiger partial charge in [-0.3, -0.25) is 9.59 Å². The van der Waals surface area contributed by atoms with E-state index in [0.717, 1.165) is 0 Å². The lowest BCUT2D eigenvalue weighted by Gasteiger charge is -2.31. The maximum absolute atomic E-state index is 12.9. The number of benzene rings is 2. The van der Waals surface area contributed by atoms with Crippen molar-refractivity contribution in [2.45, 2.75) is 12.8 Å². The van der Waals surface area contributed by atoms with Crippen molar-refractivity contribution in [3.05, 3.63) is 53.8 Å². The molecule has 6 nitrogen and oxygen atoms in total. The van der Waals surface area contributed by atoms with Gasteiger partial charge in [0.1, 0.15) is 5.82 Å². The molecule has 0 aliphatic carbocycles. The number of hydrogen-bond donors (Lipinski definition) is 1. The summed E-state index contributed by atoms with van der Waals surface area (Å²) in [6, 6.07) is 10.8. The van der Waals surface area contributed by atoms with Crippen molar-refractivity contribution in [1.29, 1.82) is 0 Å². The van der Waals surface area contributed by atoms with E-state index in [2.05, 4.69) is 5.32 Å². The number of likely N-dealkylation sites (tertiary alicyclic amines) is 1. The average molecular weight is 370 g/mol. The van der Waals surface area contributed by atoms with Crippen LogP contribution in [-0.4, -0.2) is 36.6 Å². The molecular formula is C20H19FN2O4. The third kappa shape index (κ3) is 3.72. The van der Waals surface area contributed by atoms with Crippen LogP contribution in [0.4, 0.5) is 10.1 Å². The molecule has 0 atom stereocenters. The van der Waals surface area contributed by atoms with E-state index >= 15 is 0 Å². The maximum atomic E-state index is 12.9. The lowest BCUT2D eigenvalue weighted by Crippen LogP contribution is -2.41. The summed E-state index contributed by atoms with van der Waals surface area (Å²) in [5.41, 5.74) is 1.12. The Hall–Kier alpha value is -3.09. The number of nitrogens with one attached hydrogen (secondary N) is 1. The third-order valence-electron chi connectivity index (χ3n) is 4.88. The zero-order valence-electron chi connectivity index (χ0n) is 14.6. The molecule has 1 N–H and O–H groups in total. The summed E-state index contributed by atoms with van der Waals surface area (Å²) in [4.78, 5) is 26.8. The largest absolute Gasteiger partial charge is 0.454 e. The third-order valence-corrected chi connectivity index (χ3v) is 4.88. The highest BCUT2D eigenvalue weighted by atomic mass is 19.1. The van der Waals surface area contributed by atoms with E-state index in [1.165, 1.54) is 24.3 Å². The SMILES string of the molecule is O=C(Nc1ccc(F)cc1)C1CCN(C(=O)c2ccc3c(c2)OCO3)CC1. The van der Waals surface area contributed by atoms with Gasteiger partial charge in [-0.25, -0.2) is 4.39 Å². The molecule has 4 rings (SSSR count). The van der Waals surface area contributed by atoms with Crippen molar-refractivity contribution in [2.24, 2.45) is 5.92 Å². The number of amides is 2. The first-order valence-electron chi connectivity index (χ1n) is 8.85. The van der Waals surface area contributed by atoms with Gasteiger partial charge in [-0.15, -0.1) is 0 Å². The highest BCUT2D eigenvalue weighted by Crippen LogP contribution is 2.33. The Balaban J connectivity index is 1.33. The van der Waals surface area contributed by atoms with Gasteiger partial charge in [0, 0.05) is 30.3 Å². The van der Waals surface area contributed by atoms with Crippen molar-refractivity contribution in [3.63, 3.8) is 0 Å². The molecule has 7 heteroatoms. The van der Waals surface area contributed by atoms with E-state index in [-0.39, 0.29) is 30.3 Å². The molecule has 2 amide bonds. The fraction of sp³-hybridized carbons (Fsp3) is 0.300. The van der Waals surface area contributed by atoms with Gasteiger partial charge < -0.3 is 19.7 Å². The van der Waals surface area contributed by atoms with Crippen LogP contribution in [0, 0.1) is 11.7 Å². The van der Waals surface area contributed by atoms with Crippen LogP contribution in [0.15, 0.2) is 42.5 Å². The first-order chi connectivity index (χ1) is 13.1. The van der Waals surface area contributed by atoms with Crippen molar-refractivity contribution >= 4 is 17.5 Å². The van der Waals surface area contributed by atoms with E-state index in [4.69, 9.17) is 9.47 Å². The molecule has 27 heavy (non-hydrogen) atoms. The van der Waals surface area contributed by atoms with Crippen LogP contribution in [0.5, 0.6) is 11.5 Å². The van der Waals surface area contributed by atoms with Gasteiger partial charge in [0.15, 0.2) is 11.5 Å². The normalized spacial score (nSPS) is 16.3. The van der Waals surface area contributed by atoms with Crippen LogP contribution >= 0.6 is 0 Å². The molecule has 1 saturated heterocycles. The van der Waals surface area contributed by atoms with Gasteiger partial charge in [0.25, 0.3) is 5.91 Å². The second-order valence-corrected chi connectivity index (χ2v) is 6.63. The summed E-state index contributed by atoms with van der Waals surface area (Å²) < 4.78 is 23.5. The molecule has 0 radical (unpaired) electrons. The predicted molar refractivity (Wildman–Crippen MR) is 96.2 cm³/mol. The fourth-order valence-electron chi connectivity index (χ4n) is 3.33. The van der Waals surface area contributed by atoms with Gasteiger partial charge in [-0.1, -0.05) is 0 Å². The number of halogens is 1. The Labute approximate surface area is 155 Å². The van der Waals surface area contributed by atoms with E-state index in [0.29, 0.717) is 48.7 Å². The summed E-state index contributed by atoms with van der Waals surface area (Å²) in [5, 5.41) is 2.80. The Morgan fingerprint density at radius 2 is 1.70 bits per heavy atom. The van der Waals surface area contributed by atoms with Gasteiger partial charge >= 0.3 is 0 Å². The maximum Gasteiger partial charge on any atom is 0.253 e. The Bertz CT molecular complexity index is 861. The molecule has 0 bridgehead atoms. The Morgan fingerprint density at radius 1 is 1.00 bits per heavy atom. The van der Waals surface area contributed by atoms with Gasteiger partial charge in [-0.05, 0) is 55.3 Å². The fourth-order valence-corrected chi connectivity index (χ4v) is 3.33. The van der Waals surface area contributed by atoms with Crippen LogP contribution in [0.3, 0.4) is 0 Å². The summed E-state index contributed by atoms with van der Waals surface area (Å²) >= 11 is 0. The van der Waals surface area contributed by atoms with Crippen LogP contribution in [0.1, 0.15) is 23.2 Å². The highest BCUT2D eigenvalue weighted by molar-refractivity contribution is 5.96. The number of piperidine rings is 1. The lowest BCUT2D eigenvalue weighted by molar-refractivity contribution is -0.121. The topological polar surface area (TPSA) is 67.9 Å². The second kappa shape index (κ2) is 7.26. The molecule has 2 heterocycles. The number of nitrogens with zero attached hydrogens (tertiary/aromatic N) is 1. The van der Waals surface area contributed by atoms with Crippen molar-refractivity contribution in [3.8, 4) is 11.5 Å². The predicted octanol–water partition coefficient (Wildman–Crippen LogP) is 3.05. The van der Waals surface area contributed by atoms with E-state index < -0.39 is 0 Å². The number of carbonyl (C=O) groups excluding carboxylic acids is 2. The van der Waals surface area contributed by atoms with Crippen molar-refractivity contribution in [1.82, 2.24) is 4.90 Å². The second-order valence-electron chi connectivity index (χ2n) is 6.63. The first-order valence-corrected chi connectivity index (χ1v) is 8.85. The minimum atomic E-state index is -0.344. The van der Waals surface area contributed by atoms with Crippen LogP contribution in [0.2, 0.25) is 0 Å². The van der Waals surface area contributed by atoms with E-state index in [1.807, 2.05) is 0 Å². The summed E-state index contributed by atoms with van der Waals surface area (Å²) in [7, 11) is 0. The minimum Gasteiger partial charge on any atom is -0.454 e. The standard InChI is InChI=1S/C20H19FN2O4/c21-15-2-4-16(5-3-15)22-19(24)13-7-9-23(10-8-13)20(25)14-1-6-17-18(11-14)27-12-26-17/h1-6,11,13H,7-10,12H2,(H,22,24). The molecule has 140 valence electrons. The molecule has 2 aliphatic heterocycles. The summed E-state index contributed by atoms with van der Waals surface area (Å²) in [6.45, 7) is 1.19. The van der Waals surface area contributed by atoms with E-state index in [9.17, 15) is 14.0 Å². The summed E-state index contributed by atoms with van der Waals surface area (Å²) in [6.07, 6.45) is 1.17. The number of ether oxygens (including phenoxy) is 2. The molecular weight excluding hydrogens is 351 g/mol. The minimum absolute atomic E-state index is 0.0781. The van der Waals surface area contributed by atoms with Gasteiger partial charge in [-0.2, -0.15) is 0 Å². The Morgan fingerprint density at radius 3 is 2.44 bits per heavy atom. The molecule has 0 spiro atoms. The van der Waals surface area contributed by atoms with Crippen LogP contribution in [0.25, 0.3) is 0 Å². The quantitative estimate of drug-likeness (QED) is 0.902. The molecule has 2 aliphatic rings. The lowest BCUT2D eigenvalue weighted by atomic mass is 9.95. The van der Waals surface area contributed by atoms with Crippen molar-refractivity contribution in [2.75, 3.05) is 25.2 Å². The molecule has 2 aromatic rings. The van der Waals surface area contributed by atoms with Crippen molar-refractivity contribution < 1.29 is 23.5 Å². The highest BCUT2D eigenvalue weighted by Gasteiger charge is 2.28. The number of carbonyl (C=O) groups is 2. The number of fused-ring (bicyclic) bond motifs is 1. The monoisotopic (exact) mass is 370 g/mol. The van der Waals surface area contributed by atoms with Gasteiger partial charge in [0.05, 0.1) is 0 Å². The molecule has 2 aromatic carbocycles. The van der Waals surface area contributed by atoms with Crippen LogP contribution < -0.4 is 14.8 Å². The van der Waals surface area contributed by atoms with E-state index in [1.54, 1.807) is 23.1 Å². The molecule has 0 aromatic heterocycles. The summed E-state index contributed by atoms with van der Waals surface area (Å²) in [5.74, 6) is 0.527. The molecule has 0 unspecified atom stereocenters. The van der Waals surface area contributed by atoms with Gasteiger partial charge in [0.2, 0.25) is 12.7 Å². The van der Waals surface area contributed by atoms with Crippen LogP contribution in [-0.2, 0) is 4.79 Å². The zero-order valence-corrected chi connectivity index (χ0v) is 14.6. The number of rotatable bonds is 3. The molecule has 0 saturated carbocycles. The Kier molecular flexibility index (Phi) is 4.66. The first kappa shape index (κ1) is 17.3. The smallest absolute Gasteiger partial charge is 0.253 e.